The van der Waals surface area contributed by atoms with E-state index in [1.165, 1.54) is 19.3 Å². The molecule has 0 bridgehead atoms. The Morgan fingerprint density at radius 3 is 2.15 bits per heavy atom. The van der Waals surface area contributed by atoms with Crippen molar-refractivity contribution in [3.8, 4) is 0 Å². The molecule has 6 heteroatoms. The molecule has 2 amide bonds. The molecular weight excluding hydrogens is 342 g/mol. The van der Waals surface area contributed by atoms with Gasteiger partial charge in [-0.2, -0.15) is 0 Å². The number of benzene rings is 1. The van der Waals surface area contributed by atoms with Gasteiger partial charge in [-0.1, -0.05) is 12.8 Å². The van der Waals surface area contributed by atoms with Gasteiger partial charge in [-0.3, -0.25) is 19.4 Å². The van der Waals surface area contributed by atoms with Crippen molar-refractivity contribution in [2.45, 2.75) is 32.6 Å². The highest BCUT2D eigenvalue weighted by atomic mass is 16.2. The van der Waals surface area contributed by atoms with Crippen molar-refractivity contribution in [3.63, 3.8) is 0 Å². The van der Waals surface area contributed by atoms with Gasteiger partial charge in [0.2, 0.25) is 0 Å². The van der Waals surface area contributed by atoms with Gasteiger partial charge in [-0.05, 0) is 50.1 Å². The summed E-state index contributed by atoms with van der Waals surface area (Å²) in [6.45, 7) is 2.99. The second kappa shape index (κ2) is 8.58. The van der Waals surface area contributed by atoms with E-state index in [1.54, 1.807) is 30.3 Å². The van der Waals surface area contributed by atoms with E-state index in [-0.39, 0.29) is 17.6 Å². The summed E-state index contributed by atoms with van der Waals surface area (Å²) in [6.07, 6.45) is 7.26. The Labute approximate surface area is 158 Å². The molecule has 0 radical (unpaired) electrons. The molecule has 0 unspecified atom stereocenters. The number of carbonyl (C=O) groups excluding carboxylic acids is 3. The molecule has 140 valence electrons. The molecule has 0 spiro atoms. The Kier molecular flexibility index (Phi) is 5.96. The molecule has 0 aliphatic carbocycles. The van der Waals surface area contributed by atoms with Crippen molar-refractivity contribution in [2.75, 3.05) is 18.4 Å². The molecule has 1 saturated heterocycles. The van der Waals surface area contributed by atoms with Crippen molar-refractivity contribution >= 4 is 23.3 Å². The van der Waals surface area contributed by atoms with E-state index in [2.05, 4.69) is 10.3 Å². The van der Waals surface area contributed by atoms with Gasteiger partial charge in [0.15, 0.2) is 5.78 Å². The minimum Gasteiger partial charge on any atom is -0.339 e. The fourth-order valence-corrected chi connectivity index (χ4v) is 3.13. The van der Waals surface area contributed by atoms with Gasteiger partial charge in [0, 0.05) is 36.7 Å². The topological polar surface area (TPSA) is 79.4 Å². The first-order chi connectivity index (χ1) is 13.0. The average molecular weight is 365 g/mol. The van der Waals surface area contributed by atoms with E-state index in [1.807, 2.05) is 4.90 Å². The highest BCUT2D eigenvalue weighted by Crippen LogP contribution is 2.15. The fourth-order valence-electron chi connectivity index (χ4n) is 3.13. The number of carbonyl (C=O) groups is 3. The lowest BCUT2D eigenvalue weighted by Gasteiger charge is -2.20. The molecule has 2 aromatic rings. The van der Waals surface area contributed by atoms with Crippen LogP contribution >= 0.6 is 0 Å². The third kappa shape index (κ3) is 4.78. The highest BCUT2D eigenvalue weighted by molar-refractivity contribution is 6.06. The van der Waals surface area contributed by atoms with Gasteiger partial charge < -0.3 is 10.2 Å². The summed E-state index contributed by atoms with van der Waals surface area (Å²) in [7, 11) is 0. The van der Waals surface area contributed by atoms with E-state index >= 15 is 0 Å². The maximum Gasteiger partial charge on any atom is 0.257 e. The van der Waals surface area contributed by atoms with E-state index in [4.69, 9.17) is 0 Å². The summed E-state index contributed by atoms with van der Waals surface area (Å²) >= 11 is 0. The van der Waals surface area contributed by atoms with E-state index < -0.39 is 0 Å². The molecule has 1 aliphatic rings. The van der Waals surface area contributed by atoms with Crippen LogP contribution in [0.2, 0.25) is 0 Å². The van der Waals surface area contributed by atoms with Crippen LogP contribution in [0.4, 0.5) is 5.69 Å². The normalized spacial score (nSPS) is 14.3. The second-order valence-corrected chi connectivity index (χ2v) is 6.76. The number of aromatic nitrogens is 1. The van der Waals surface area contributed by atoms with Gasteiger partial charge in [0.05, 0.1) is 11.1 Å². The van der Waals surface area contributed by atoms with Gasteiger partial charge in [0.1, 0.15) is 0 Å². The number of hydrogen-bond acceptors (Lipinski definition) is 4. The Morgan fingerprint density at radius 2 is 1.52 bits per heavy atom. The lowest BCUT2D eigenvalue weighted by atomic mass is 10.1. The summed E-state index contributed by atoms with van der Waals surface area (Å²) in [5.41, 5.74) is 1.91. The van der Waals surface area contributed by atoms with Gasteiger partial charge in [-0.15, -0.1) is 0 Å². The van der Waals surface area contributed by atoms with Crippen LogP contribution in [-0.2, 0) is 0 Å². The lowest BCUT2D eigenvalue weighted by molar-refractivity contribution is 0.0761. The number of amides is 2. The molecule has 1 N–H and O–H groups in total. The first-order valence-electron chi connectivity index (χ1n) is 9.21. The number of ketones is 1. The monoisotopic (exact) mass is 365 g/mol. The molecule has 0 atom stereocenters. The molecule has 3 rings (SSSR count). The number of hydrogen-bond donors (Lipinski definition) is 1. The Hall–Kier alpha value is -3.02. The van der Waals surface area contributed by atoms with E-state index in [0.29, 0.717) is 22.4 Å². The number of nitrogens with one attached hydrogen (secondary N) is 1. The third-order valence-electron chi connectivity index (χ3n) is 4.69. The molecule has 1 fully saturated rings. The SMILES string of the molecule is CC(=O)c1ccc(NC(=O)c2cncc(C(=O)N3CCCCCC3)c2)cc1. The van der Waals surface area contributed by atoms with Crippen LogP contribution in [-0.4, -0.2) is 40.6 Å². The molecule has 1 aromatic carbocycles. The second-order valence-electron chi connectivity index (χ2n) is 6.76. The van der Waals surface area contributed by atoms with Crippen LogP contribution in [0.5, 0.6) is 0 Å². The molecule has 2 heterocycles. The summed E-state index contributed by atoms with van der Waals surface area (Å²) in [5.74, 6) is -0.453. The molecule has 1 aliphatic heterocycles. The van der Waals surface area contributed by atoms with Crippen LogP contribution < -0.4 is 5.32 Å². The minimum atomic E-state index is -0.344. The van der Waals surface area contributed by atoms with Crippen molar-refractivity contribution in [1.29, 1.82) is 0 Å². The van der Waals surface area contributed by atoms with Gasteiger partial charge >= 0.3 is 0 Å². The predicted molar refractivity (Wildman–Crippen MR) is 103 cm³/mol. The zero-order valence-electron chi connectivity index (χ0n) is 15.4. The van der Waals surface area contributed by atoms with Crippen molar-refractivity contribution in [3.05, 3.63) is 59.4 Å². The van der Waals surface area contributed by atoms with E-state index in [9.17, 15) is 14.4 Å². The van der Waals surface area contributed by atoms with Crippen molar-refractivity contribution < 1.29 is 14.4 Å². The summed E-state index contributed by atoms with van der Waals surface area (Å²) in [5, 5.41) is 2.76. The Balaban J connectivity index is 1.71. The molecule has 0 saturated carbocycles. The van der Waals surface area contributed by atoms with Crippen LogP contribution in [0, 0.1) is 0 Å². The Morgan fingerprint density at radius 1 is 0.889 bits per heavy atom. The standard InChI is InChI=1S/C21H23N3O3/c1-15(25)16-6-8-19(9-7-16)23-20(26)17-12-18(14-22-13-17)21(27)24-10-4-2-3-5-11-24/h6-9,12-14H,2-5,10-11H2,1H3,(H,23,26). The predicted octanol–water partition coefficient (Wildman–Crippen LogP) is 3.55. The van der Waals surface area contributed by atoms with Crippen LogP contribution in [0.15, 0.2) is 42.7 Å². The first-order valence-corrected chi connectivity index (χ1v) is 9.21. The zero-order chi connectivity index (χ0) is 19.2. The number of anilines is 1. The van der Waals surface area contributed by atoms with Crippen LogP contribution in [0.3, 0.4) is 0 Å². The van der Waals surface area contributed by atoms with Crippen LogP contribution in [0.1, 0.15) is 63.7 Å². The van der Waals surface area contributed by atoms with Crippen LogP contribution in [0.25, 0.3) is 0 Å². The number of rotatable bonds is 4. The minimum absolute atomic E-state index is 0.0307. The molecular formula is C21H23N3O3. The number of nitrogens with zero attached hydrogens (tertiary/aromatic N) is 2. The fraction of sp³-hybridized carbons (Fsp3) is 0.333. The molecule has 1 aromatic heterocycles. The lowest BCUT2D eigenvalue weighted by Crippen LogP contribution is -2.32. The Bertz CT molecular complexity index is 838. The number of pyridine rings is 1. The number of likely N-dealkylation sites (tertiary alicyclic amines) is 1. The zero-order valence-corrected chi connectivity index (χ0v) is 15.4. The molecule has 27 heavy (non-hydrogen) atoms. The van der Waals surface area contributed by atoms with Crippen molar-refractivity contribution in [2.24, 2.45) is 0 Å². The summed E-state index contributed by atoms with van der Waals surface area (Å²) in [6, 6.07) is 8.26. The number of Topliss-reactive ketones (excluding diaryl/α,β-unsaturated/α-hetero) is 1. The van der Waals surface area contributed by atoms with Gasteiger partial charge in [0.25, 0.3) is 11.8 Å². The highest BCUT2D eigenvalue weighted by Gasteiger charge is 2.19. The largest absolute Gasteiger partial charge is 0.339 e. The first kappa shape index (κ1) is 18.8. The average Bonchev–Trinajstić information content (AvgIpc) is 2.97. The smallest absolute Gasteiger partial charge is 0.257 e. The maximum atomic E-state index is 12.7. The third-order valence-corrected chi connectivity index (χ3v) is 4.69. The summed E-state index contributed by atoms with van der Waals surface area (Å²) < 4.78 is 0. The quantitative estimate of drug-likeness (QED) is 0.840. The molecule has 6 nitrogen and oxygen atoms in total. The summed E-state index contributed by atoms with van der Waals surface area (Å²) in [4.78, 5) is 42.4. The maximum absolute atomic E-state index is 12.7. The van der Waals surface area contributed by atoms with E-state index in [0.717, 1.165) is 38.8 Å². The van der Waals surface area contributed by atoms with Gasteiger partial charge in [-0.25, -0.2) is 0 Å². The van der Waals surface area contributed by atoms with Crippen molar-refractivity contribution in [1.82, 2.24) is 9.88 Å².